The molecule has 0 bridgehead atoms. The summed E-state index contributed by atoms with van der Waals surface area (Å²) in [4.78, 5) is 14.3. The fourth-order valence-corrected chi connectivity index (χ4v) is 3.25. The molecule has 0 spiro atoms. The van der Waals surface area contributed by atoms with Crippen LogP contribution in [0.5, 0.6) is 0 Å². The van der Waals surface area contributed by atoms with Gasteiger partial charge in [-0.25, -0.2) is 4.79 Å². The van der Waals surface area contributed by atoms with Crippen molar-refractivity contribution in [1.29, 1.82) is 0 Å². The second kappa shape index (κ2) is 7.43. The van der Waals surface area contributed by atoms with Gasteiger partial charge in [-0.15, -0.1) is 0 Å². The standard InChI is InChI=1S/C18H18Cl2N2O2/c1-12-4-2-3-5-16(12)21-18(23)22-6-7-24-17(11-22)13-8-14(19)10-15(20)9-13/h2-5,8-10,17H,6-7,11H2,1H3,(H,21,23)/t17-/m0/s1. The number of carbonyl (C=O) groups is 1. The number of hydrogen-bond donors (Lipinski definition) is 1. The Bertz CT molecular complexity index is 731. The van der Waals surface area contributed by atoms with Crippen molar-refractivity contribution in [3.8, 4) is 0 Å². The van der Waals surface area contributed by atoms with Gasteiger partial charge in [0.05, 0.1) is 13.2 Å². The number of aryl methyl sites for hydroxylation is 1. The van der Waals surface area contributed by atoms with E-state index >= 15 is 0 Å². The van der Waals surface area contributed by atoms with Gasteiger partial charge in [0.15, 0.2) is 0 Å². The molecule has 0 aliphatic carbocycles. The smallest absolute Gasteiger partial charge is 0.322 e. The molecule has 1 saturated heterocycles. The number of carbonyl (C=O) groups excluding carboxylic acids is 1. The molecule has 6 heteroatoms. The first-order valence-electron chi connectivity index (χ1n) is 7.72. The maximum Gasteiger partial charge on any atom is 0.322 e. The summed E-state index contributed by atoms with van der Waals surface area (Å²) in [6.45, 7) is 3.43. The topological polar surface area (TPSA) is 41.6 Å². The zero-order valence-corrected chi connectivity index (χ0v) is 14.8. The highest BCUT2D eigenvalue weighted by molar-refractivity contribution is 6.34. The summed E-state index contributed by atoms with van der Waals surface area (Å²) < 4.78 is 5.79. The van der Waals surface area contributed by atoms with Gasteiger partial charge in [-0.2, -0.15) is 0 Å². The number of nitrogens with one attached hydrogen (secondary N) is 1. The van der Waals surface area contributed by atoms with Gasteiger partial charge in [0.2, 0.25) is 0 Å². The first kappa shape index (κ1) is 17.1. The number of amides is 2. The summed E-state index contributed by atoms with van der Waals surface area (Å²) in [7, 11) is 0. The van der Waals surface area contributed by atoms with Crippen LogP contribution in [0.4, 0.5) is 10.5 Å². The predicted molar refractivity (Wildman–Crippen MR) is 96.9 cm³/mol. The molecule has 1 atom stereocenters. The third-order valence-corrected chi connectivity index (χ3v) is 4.43. The van der Waals surface area contributed by atoms with Crippen LogP contribution in [0.3, 0.4) is 0 Å². The van der Waals surface area contributed by atoms with Crippen LogP contribution in [0.2, 0.25) is 10.0 Å². The predicted octanol–water partition coefficient (Wildman–Crippen LogP) is 4.91. The van der Waals surface area contributed by atoms with E-state index in [2.05, 4.69) is 5.32 Å². The van der Waals surface area contributed by atoms with Gasteiger partial charge in [0, 0.05) is 22.3 Å². The molecule has 1 heterocycles. The molecule has 1 fully saturated rings. The molecule has 24 heavy (non-hydrogen) atoms. The lowest BCUT2D eigenvalue weighted by atomic mass is 10.1. The average Bonchev–Trinajstić information content (AvgIpc) is 2.56. The van der Waals surface area contributed by atoms with Crippen LogP contribution in [-0.4, -0.2) is 30.6 Å². The minimum absolute atomic E-state index is 0.134. The Kier molecular flexibility index (Phi) is 5.29. The number of para-hydroxylation sites is 1. The van der Waals surface area contributed by atoms with Crippen molar-refractivity contribution in [3.63, 3.8) is 0 Å². The number of halogens is 2. The monoisotopic (exact) mass is 364 g/mol. The van der Waals surface area contributed by atoms with E-state index in [1.54, 1.807) is 11.0 Å². The molecule has 0 saturated carbocycles. The van der Waals surface area contributed by atoms with Crippen molar-refractivity contribution in [3.05, 3.63) is 63.6 Å². The van der Waals surface area contributed by atoms with Gasteiger partial charge in [0.1, 0.15) is 6.10 Å². The fraction of sp³-hybridized carbons (Fsp3) is 0.278. The number of rotatable bonds is 2. The molecule has 2 amide bonds. The lowest BCUT2D eigenvalue weighted by Crippen LogP contribution is -2.44. The highest BCUT2D eigenvalue weighted by atomic mass is 35.5. The maximum atomic E-state index is 12.5. The fourth-order valence-electron chi connectivity index (χ4n) is 2.70. The Labute approximate surface area is 151 Å². The molecule has 0 radical (unpaired) electrons. The molecule has 3 rings (SSSR count). The Balaban J connectivity index is 1.71. The molecular weight excluding hydrogens is 347 g/mol. The van der Waals surface area contributed by atoms with Crippen LogP contribution < -0.4 is 5.32 Å². The highest BCUT2D eigenvalue weighted by Crippen LogP contribution is 2.28. The largest absolute Gasteiger partial charge is 0.370 e. The number of hydrogen-bond acceptors (Lipinski definition) is 2. The van der Waals surface area contributed by atoms with Gasteiger partial charge in [-0.05, 0) is 42.3 Å². The van der Waals surface area contributed by atoms with E-state index in [0.29, 0.717) is 29.7 Å². The average molecular weight is 365 g/mol. The number of anilines is 1. The molecule has 4 nitrogen and oxygen atoms in total. The van der Waals surface area contributed by atoms with Crippen LogP contribution in [0, 0.1) is 6.92 Å². The molecule has 1 N–H and O–H groups in total. The number of morpholine rings is 1. The van der Waals surface area contributed by atoms with Gasteiger partial charge in [0.25, 0.3) is 0 Å². The van der Waals surface area contributed by atoms with Crippen molar-refractivity contribution >= 4 is 34.9 Å². The Morgan fingerprint density at radius 3 is 2.62 bits per heavy atom. The van der Waals surface area contributed by atoms with Crippen LogP contribution >= 0.6 is 23.2 Å². The van der Waals surface area contributed by atoms with Crippen LogP contribution in [0.1, 0.15) is 17.2 Å². The van der Waals surface area contributed by atoms with E-state index < -0.39 is 0 Å². The molecule has 1 aliphatic heterocycles. The molecule has 2 aromatic carbocycles. The maximum absolute atomic E-state index is 12.5. The van der Waals surface area contributed by atoms with E-state index in [1.807, 2.05) is 43.3 Å². The minimum atomic E-state index is -0.238. The summed E-state index contributed by atoms with van der Waals surface area (Å²) >= 11 is 12.1. The van der Waals surface area contributed by atoms with E-state index in [1.165, 1.54) is 0 Å². The summed E-state index contributed by atoms with van der Waals surface area (Å²) in [6.07, 6.45) is -0.238. The quantitative estimate of drug-likeness (QED) is 0.822. The molecule has 1 aliphatic rings. The van der Waals surface area contributed by atoms with Crippen LogP contribution in [0.25, 0.3) is 0 Å². The zero-order valence-electron chi connectivity index (χ0n) is 13.3. The molecule has 0 unspecified atom stereocenters. The summed E-state index contributed by atoms with van der Waals surface area (Å²) in [5, 5.41) is 4.07. The third-order valence-electron chi connectivity index (χ3n) is 4.00. The van der Waals surface area contributed by atoms with Crippen molar-refractivity contribution in [2.24, 2.45) is 0 Å². The molecular formula is C18H18Cl2N2O2. The number of urea groups is 1. The lowest BCUT2D eigenvalue weighted by molar-refractivity contribution is -0.0135. The zero-order chi connectivity index (χ0) is 17.1. The SMILES string of the molecule is Cc1ccccc1NC(=O)N1CCO[C@H](c2cc(Cl)cc(Cl)c2)C1. The first-order valence-corrected chi connectivity index (χ1v) is 8.47. The summed E-state index contributed by atoms with van der Waals surface area (Å²) in [6, 6.07) is 12.9. The second-order valence-electron chi connectivity index (χ2n) is 5.75. The number of benzene rings is 2. The van der Waals surface area contributed by atoms with E-state index in [-0.39, 0.29) is 12.1 Å². The van der Waals surface area contributed by atoms with Crippen molar-refractivity contribution < 1.29 is 9.53 Å². The van der Waals surface area contributed by atoms with E-state index in [9.17, 15) is 4.79 Å². The summed E-state index contributed by atoms with van der Waals surface area (Å²) in [5.74, 6) is 0. The highest BCUT2D eigenvalue weighted by Gasteiger charge is 2.26. The molecule has 2 aromatic rings. The van der Waals surface area contributed by atoms with Crippen LogP contribution in [0.15, 0.2) is 42.5 Å². The number of ether oxygens (including phenoxy) is 1. The normalized spacial score (nSPS) is 17.6. The van der Waals surface area contributed by atoms with Crippen molar-refractivity contribution in [1.82, 2.24) is 4.90 Å². The Morgan fingerprint density at radius 2 is 1.92 bits per heavy atom. The van der Waals surface area contributed by atoms with E-state index in [4.69, 9.17) is 27.9 Å². The van der Waals surface area contributed by atoms with Gasteiger partial charge in [-0.3, -0.25) is 0 Å². The van der Waals surface area contributed by atoms with E-state index in [0.717, 1.165) is 16.8 Å². The van der Waals surface area contributed by atoms with Crippen molar-refractivity contribution in [2.45, 2.75) is 13.0 Å². The first-order chi connectivity index (χ1) is 11.5. The van der Waals surface area contributed by atoms with Gasteiger partial charge >= 0.3 is 6.03 Å². The molecule has 126 valence electrons. The van der Waals surface area contributed by atoms with Crippen LogP contribution in [-0.2, 0) is 4.74 Å². The van der Waals surface area contributed by atoms with Crippen molar-refractivity contribution in [2.75, 3.05) is 25.0 Å². The third kappa shape index (κ3) is 4.01. The Morgan fingerprint density at radius 1 is 1.21 bits per heavy atom. The molecule has 0 aromatic heterocycles. The minimum Gasteiger partial charge on any atom is -0.370 e. The Hall–Kier alpha value is -1.75. The summed E-state index contributed by atoms with van der Waals surface area (Å²) in [5.41, 5.74) is 2.72. The van der Waals surface area contributed by atoms with Gasteiger partial charge in [-0.1, -0.05) is 41.4 Å². The lowest BCUT2D eigenvalue weighted by Gasteiger charge is -2.33. The van der Waals surface area contributed by atoms with Gasteiger partial charge < -0.3 is 15.0 Å². The number of nitrogens with zero attached hydrogens (tertiary/aromatic N) is 1. The second-order valence-corrected chi connectivity index (χ2v) is 6.63.